The van der Waals surface area contributed by atoms with Gasteiger partial charge in [0, 0.05) is 63.1 Å². The summed E-state index contributed by atoms with van der Waals surface area (Å²) in [5.41, 5.74) is 4.32. The van der Waals surface area contributed by atoms with Crippen LogP contribution in [0.2, 0.25) is 5.15 Å². The monoisotopic (exact) mass is 778 g/mol. The maximum absolute atomic E-state index is 12.5. The molecule has 0 N–H and O–H groups in total. The summed E-state index contributed by atoms with van der Waals surface area (Å²) in [5, 5.41) is 7.74. The SMILES string of the molecule is CC(C)c1c(C(F)(F)F)nn(C)c1Cl.CC(C)c1ccnc(N2CCC2)c1.CC(C)c1ccnc(N2CCCC2)c1.CC(C)c1ccnn1-c1ccccc1. The van der Waals surface area contributed by atoms with Crippen molar-refractivity contribution < 1.29 is 13.2 Å². The Hall–Kier alpha value is -4.38. The number of anilines is 2. The zero-order valence-corrected chi connectivity index (χ0v) is 34.6. The molecule has 12 heteroatoms. The predicted octanol–water partition coefficient (Wildman–Crippen LogP) is 11.4. The summed E-state index contributed by atoms with van der Waals surface area (Å²) in [4.78, 5) is 13.5. The Balaban J connectivity index is 0.000000163. The number of aryl methyl sites for hydroxylation is 1. The molecule has 2 aliphatic rings. The van der Waals surface area contributed by atoms with Crippen LogP contribution in [0.25, 0.3) is 5.69 Å². The Morgan fingerprint density at radius 1 is 0.636 bits per heavy atom. The van der Waals surface area contributed by atoms with Gasteiger partial charge in [0.05, 0.1) is 5.69 Å². The van der Waals surface area contributed by atoms with Crippen LogP contribution in [0.1, 0.15) is 126 Å². The zero-order chi connectivity index (χ0) is 40.3. The minimum Gasteiger partial charge on any atom is -0.357 e. The van der Waals surface area contributed by atoms with Crippen LogP contribution in [0.4, 0.5) is 24.8 Å². The lowest BCUT2D eigenvalue weighted by Crippen LogP contribution is -2.37. The van der Waals surface area contributed by atoms with Crippen molar-refractivity contribution in [2.24, 2.45) is 7.05 Å². The van der Waals surface area contributed by atoms with E-state index < -0.39 is 11.9 Å². The number of para-hydroxylation sites is 1. The topological polar surface area (TPSA) is 67.9 Å². The molecule has 0 saturated carbocycles. The van der Waals surface area contributed by atoms with Crippen LogP contribution in [0, 0.1) is 0 Å². The standard InChI is InChI=1S/C12H18N2.C12H14N2.C11H16N2.C8H10ClF3N2/c1-10(2)11-5-6-13-12(9-11)14-7-3-4-8-14;1-10(2)12-8-9-13-14(12)11-6-4-3-5-7-11;1-9(2)10-4-5-12-11(8-10)13-6-3-7-13;1-4(2)5-6(8(10,11)12)13-14(3)7(5)9/h5-6,9-10H,3-4,7-8H2,1-2H3;3-10H,1-2H3;4-5,8-9H,3,6-7H2,1-2H3;4H,1-3H3. The van der Waals surface area contributed by atoms with Crippen molar-refractivity contribution in [1.29, 1.82) is 0 Å². The predicted molar refractivity (Wildman–Crippen MR) is 220 cm³/mol. The highest BCUT2D eigenvalue weighted by molar-refractivity contribution is 6.30. The molecule has 0 bridgehead atoms. The second-order valence-corrected chi connectivity index (χ2v) is 15.6. The number of nitrogens with zero attached hydrogens (tertiary/aromatic N) is 8. The first-order valence-electron chi connectivity index (χ1n) is 19.4. The molecule has 2 fully saturated rings. The number of benzene rings is 1. The molecule has 0 amide bonds. The van der Waals surface area contributed by atoms with Gasteiger partial charge in [-0.25, -0.2) is 14.6 Å². The second-order valence-electron chi connectivity index (χ2n) is 15.2. The van der Waals surface area contributed by atoms with Crippen LogP contribution in [0.3, 0.4) is 0 Å². The maximum Gasteiger partial charge on any atom is 0.435 e. The smallest absolute Gasteiger partial charge is 0.357 e. The highest BCUT2D eigenvalue weighted by Crippen LogP contribution is 2.37. The molecule has 8 nitrogen and oxygen atoms in total. The van der Waals surface area contributed by atoms with Crippen LogP contribution >= 0.6 is 11.6 Å². The Kier molecular flexibility index (Phi) is 15.7. The molecule has 7 rings (SSSR count). The number of alkyl halides is 3. The van der Waals surface area contributed by atoms with E-state index in [0.717, 1.165) is 22.0 Å². The summed E-state index contributed by atoms with van der Waals surface area (Å²) in [7, 11) is 1.39. The summed E-state index contributed by atoms with van der Waals surface area (Å²) in [6.45, 7) is 21.2. The van der Waals surface area contributed by atoms with E-state index in [9.17, 15) is 13.2 Å². The molecular weight excluding hydrogens is 721 g/mol. The Labute approximate surface area is 330 Å². The summed E-state index contributed by atoms with van der Waals surface area (Å²) < 4.78 is 40.4. The third-order valence-electron chi connectivity index (χ3n) is 9.60. The number of pyridine rings is 2. The van der Waals surface area contributed by atoms with Gasteiger partial charge in [-0.15, -0.1) is 0 Å². The van der Waals surface area contributed by atoms with Gasteiger partial charge < -0.3 is 9.80 Å². The van der Waals surface area contributed by atoms with Crippen LogP contribution < -0.4 is 9.80 Å². The lowest BCUT2D eigenvalue weighted by molar-refractivity contribution is -0.142. The Morgan fingerprint density at radius 3 is 1.55 bits per heavy atom. The first-order chi connectivity index (χ1) is 26.1. The molecule has 55 heavy (non-hydrogen) atoms. The van der Waals surface area contributed by atoms with Crippen molar-refractivity contribution in [1.82, 2.24) is 29.5 Å². The van der Waals surface area contributed by atoms with Crippen molar-refractivity contribution in [2.45, 2.75) is 105 Å². The molecule has 6 heterocycles. The van der Waals surface area contributed by atoms with Gasteiger partial charge in [-0.3, -0.25) is 4.68 Å². The van der Waals surface area contributed by atoms with Crippen LogP contribution in [0.15, 0.2) is 79.3 Å². The maximum atomic E-state index is 12.5. The van der Waals surface area contributed by atoms with Crippen LogP contribution in [-0.2, 0) is 13.2 Å². The van der Waals surface area contributed by atoms with Crippen molar-refractivity contribution in [2.75, 3.05) is 36.0 Å². The lowest BCUT2D eigenvalue weighted by atomic mass is 10.0. The van der Waals surface area contributed by atoms with E-state index in [1.54, 1.807) is 13.8 Å². The molecule has 1 aromatic carbocycles. The molecule has 298 valence electrons. The highest BCUT2D eigenvalue weighted by atomic mass is 35.5. The minimum atomic E-state index is -4.44. The second kappa shape index (κ2) is 20.0. The fourth-order valence-corrected chi connectivity index (χ4v) is 6.55. The van der Waals surface area contributed by atoms with Gasteiger partial charge in [0.2, 0.25) is 0 Å². The summed E-state index contributed by atoms with van der Waals surface area (Å²) in [6, 6.07) is 20.9. The summed E-state index contributed by atoms with van der Waals surface area (Å²) >= 11 is 5.72. The first-order valence-corrected chi connectivity index (χ1v) is 19.8. The molecular formula is C43H58ClF3N8. The number of hydrogen-bond donors (Lipinski definition) is 0. The van der Waals surface area contributed by atoms with E-state index in [0.29, 0.717) is 17.8 Å². The van der Waals surface area contributed by atoms with Gasteiger partial charge in [-0.2, -0.15) is 23.4 Å². The lowest BCUT2D eigenvalue weighted by Gasteiger charge is -2.32. The number of rotatable bonds is 7. The third-order valence-corrected chi connectivity index (χ3v) is 10.1. The van der Waals surface area contributed by atoms with E-state index in [-0.39, 0.29) is 16.6 Å². The van der Waals surface area contributed by atoms with Crippen molar-refractivity contribution in [3.8, 4) is 5.69 Å². The summed E-state index contributed by atoms with van der Waals surface area (Å²) in [6.07, 6.45) is 5.20. The van der Waals surface area contributed by atoms with Gasteiger partial charge in [0.25, 0.3) is 0 Å². The molecule has 0 aliphatic carbocycles. The molecule has 4 aromatic heterocycles. The quantitative estimate of drug-likeness (QED) is 0.164. The van der Waals surface area contributed by atoms with E-state index >= 15 is 0 Å². The van der Waals surface area contributed by atoms with Crippen molar-refractivity contribution in [3.63, 3.8) is 0 Å². The third kappa shape index (κ3) is 12.1. The van der Waals surface area contributed by atoms with Crippen LogP contribution in [0.5, 0.6) is 0 Å². The molecule has 2 saturated heterocycles. The Morgan fingerprint density at radius 2 is 1.15 bits per heavy atom. The number of hydrogen-bond acceptors (Lipinski definition) is 6. The van der Waals surface area contributed by atoms with E-state index in [2.05, 4.69) is 114 Å². The average Bonchev–Trinajstić information content (AvgIpc) is 3.91. The first kappa shape index (κ1) is 43.3. The minimum absolute atomic E-state index is 0.0484. The number of aromatic nitrogens is 6. The fourth-order valence-electron chi connectivity index (χ4n) is 6.20. The average molecular weight is 779 g/mol. The largest absolute Gasteiger partial charge is 0.435 e. The molecule has 0 spiro atoms. The van der Waals surface area contributed by atoms with Gasteiger partial charge in [-0.1, -0.05) is 85.2 Å². The zero-order valence-electron chi connectivity index (χ0n) is 33.9. The van der Waals surface area contributed by atoms with E-state index in [4.69, 9.17) is 11.6 Å². The van der Waals surface area contributed by atoms with E-state index in [1.807, 2.05) is 41.5 Å². The van der Waals surface area contributed by atoms with Gasteiger partial charge in [0.1, 0.15) is 16.8 Å². The molecule has 2 aliphatic heterocycles. The summed E-state index contributed by atoms with van der Waals surface area (Å²) in [5.74, 6) is 3.71. The Bertz CT molecular complexity index is 1890. The fraction of sp³-hybridized carbons (Fsp3) is 0.488. The van der Waals surface area contributed by atoms with Crippen molar-refractivity contribution >= 4 is 23.2 Å². The highest BCUT2D eigenvalue weighted by Gasteiger charge is 2.39. The van der Waals surface area contributed by atoms with Gasteiger partial charge in [0.15, 0.2) is 5.69 Å². The van der Waals surface area contributed by atoms with E-state index in [1.165, 1.54) is 69.3 Å². The molecule has 5 aromatic rings. The molecule has 0 unspecified atom stereocenters. The van der Waals surface area contributed by atoms with Gasteiger partial charge in [-0.05, 0) is 96.5 Å². The van der Waals surface area contributed by atoms with Crippen molar-refractivity contribution in [3.05, 3.63) is 112 Å². The normalized spacial score (nSPS) is 14.0. The molecule has 0 atom stereocenters. The van der Waals surface area contributed by atoms with Gasteiger partial charge >= 0.3 is 6.18 Å². The van der Waals surface area contributed by atoms with Crippen LogP contribution in [-0.4, -0.2) is 55.7 Å². The molecule has 0 radical (unpaired) electrons. The number of halogens is 4.